The molecule has 3 aromatic rings. The molecule has 0 bridgehead atoms. The number of sulfonamides is 1. The zero-order valence-corrected chi connectivity index (χ0v) is 20.1. The molecule has 2 aromatic heterocycles. The zero-order chi connectivity index (χ0) is 23.6. The van der Waals surface area contributed by atoms with Gasteiger partial charge >= 0.3 is 5.97 Å². The van der Waals surface area contributed by atoms with Crippen molar-refractivity contribution in [3.8, 4) is 0 Å². The standard InChI is InChI=1S/C20H25N5O5S2/c1-6-25-15-8-7-13(32(28,29)24(3)4)11-14(15)22-16(25)9-10-17(26)23-20-21-12(2)18(31-20)19(27)30-5/h7-8,11H,6,9-10H2,1-5H3,(H,21,23,26). The number of ether oxygens (including phenoxy) is 1. The van der Waals surface area contributed by atoms with E-state index in [-0.39, 0.29) is 17.2 Å². The molecular formula is C20H25N5O5S2. The molecule has 0 atom stereocenters. The van der Waals surface area contributed by atoms with Gasteiger partial charge in [0, 0.05) is 33.5 Å². The Bertz CT molecular complexity index is 1280. The molecule has 3 rings (SSSR count). The van der Waals surface area contributed by atoms with Crippen molar-refractivity contribution in [1.82, 2.24) is 18.8 Å². The van der Waals surface area contributed by atoms with E-state index >= 15 is 0 Å². The first-order valence-corrected chi connectivity index (χ1v) is 12.1. The van der Waals surface area contributed by atoms with Crippen LogP contribution in [0.15, 0.2) is 23.1 Å². The molecule has 1 N–H and O–H groups in total. The van der Waals surface area contributed by atoms with Crippen LogP contribution in [0.5, 0.6) is 0 Å². The SMILES string of the molecule is CCn1c(CCC(=O)Nc2nc(C)c(C(=O)OC)s2)nc2cc(S(=O)(=O)N(C)C)ccc21. The Morgan fingerprint density at radius 3 is 2.59 bits per heavy atom. The third kappa shape index (κ3) is 4.66. The monoisotopic (exact) mass is 479 g/mol. The summed E-state index contributed by atoms with van der Waals surface area (Å²) in [5, 5.41) is 3.03. The summed E-state index contributed by atoms with van der Waals surface area (Å²) in [6.45, 7) is 4.26. The maximum Gasteiger partial charge on any atom is 0.350 e. The minimum Gasteiger partial charge on any atom is -0.465 e. The van der Waals surface area contributed by atoms with Crippen LogP contribution >= 0.6 is 11.3 Å². The average Bonchev–Trinajstić information content (AvgIpc) is 3.30. The van der Waals surface area contributed by atoms with Crippen molar-refractivity contribution in [3.63, 3.8) is 0 Å². The van der Waals surface area contributed by atoms with Crippen LogP contribution in [-0.2, 0) is 32.5 Å². The average molecular weight is 480 g/mol. The zero-order valence-electron chi connectivity index (χ0n) is 18.5. The number of aryl methyl sites for hydroxylation is 3. The molecule has 1 amide bonds. The van der Waals surface area contributed by atoms with Crippen molar-refractivity contribution in [2.75, 3.05) is 26.5 Å². The second-order valence-corrected chi connectivity index (χ2v) is 10.3. The molecule has 1 aromatic carbocycles. The van der Waals surface area contributed by atoms with E-state index in [0.717, 1.165) is 21.2 Å². The largest absolute Gasteiger partial charge is 0.465 e. The number of benzene rings is 1. The summed E-state index contributed by atoms with van der Waals surface area (Å²) in [5.74, 6) is -0.0730. The lowest BCUT2D eigenvalue weighted by Crippen LogP contribution is -2.22. The van der Waals surface area contributed by atoms with E-state index in [1.54, 1.807) is 25.1 Å². The van der Waals surface area contributed by atoms with Crippen molar-refractivity contribution >= 4 is 49.4 Å². The van der Waals surface area contributed by atoms with Crippen molar-refractivity contribution in [3.05, 3.63) is 34.6 Å². The molecule has 10 nitrogen and oxygen atoms in total. The van der Waals surface area contributed by atoms with Crippen LogP contribution in [0.3, 0.4) is 0 Å². The smallest absolute Gasteiger partial charge is 0.350 e. The Labute approximate surface area is 190 Å². The number of esters is 1. The van der Waals surface area contributed by atoms with Gasteiger partial charge in [0.05, 0.1) is 28.7 Å². The summed E-state index contributed by atoms with van der Waals surface area (Å²) in [6, 6.07) is 4.84. The van der Waals surface area contributed by atoms with E-state index in [1.165, 1.54) is 21.2 Å². The number of rotatable bonds is 8. The van der Waals surface area contributed by atoms with Crippen molar-refractivity contribution in [2.45, 2.75) is 38.1 Å². The summed E-state index contributed by atoms with van der Waals surface area (Å²) < 4.78 is 32.6. The molecule has 0 fully saturated rings. The predicted octanol–water partition coefficient (Wildman–Crippen LogP) is 2.43. The quantitative estimate of drug-likeness (QED) is 0.492. The normalized spacial score (nSPS) is 11.8. The lowest BCUT2D eigenvalue weighted by atomic mass is 10.3. The molecule has 0 spiro atoms. The summed E-state index contributed by atoms with van der Waals surface area (Å²) in [5.41, 5.74) is 1.86. The number of nitrogens with zero attached hydrogens (tertiary/aromatic N) is 4. The van der Waals surface area contributed by atoms with Gasteiger partial charge in [-0.3, -0.25) is 4.79 Å². The highest BCUT2D eigenvalue weighted by atomic mass is 32.2. The molecular weight excluding hydrogens is 454 g/mol. The van der Waals surface area contributed by atoms with Crippen molar-refractivity contribution in [1.29, 1.82) is 0 Å². The van der Waals surface area contributed by atoms with E-state index in [1.807, 2.05) is 11.5 Å². The Balaban J connectivity index is 1.77. The summed E-state index contributed by atoms with van der Waals surface area (Å²) in [6.07, 6.45) is 0.511. The van der Waals surface area contributed by atoms with Gasteiger partial charge in [-0.2, -0.15) is 0 Å². The molecule has 172 valence electrons. The van der Waals surface area contributed by atoms with Crippen LogP contribution in [-0.4, -0.2) is 60.3 Å². The van der Waals surface area contributed by atoms with Crippen LogP contribution in [0.25, 0.3) is 11.0 Å². The van der Waals surface area contributed by atoms with Crippen LogP contribution < -0.4 is 5.32 Å². The lowest BCUT2D eigenvalue weighted by molar-refractivity contribution is -0.116. The van der Waals surface area contributed by atoms with Crippen LogP contribution in [0.1, 0.15) is 34.5 Å². The minimum atomic E-state index is -3.57. The summed E-state index contributed by atoms with van der Waals surface area (Å²) in [7, 11) is 0.680. The molecule has 0 aliphatic heterocycles. The van der Waals surface area contributed by atoms with Gasteiger partial charge in [-0.1, -0.05) is 11.3 Å². The van der Waals surface area contributed by atoms with E-state index in [2.05, 4.69) is 15.3 Å². The molecule has 0 unspecified atom stereocenters. The Morgan fingerprint density at radius 2 is 1.97 bits per heavy atom. The van der Waals surface area contributed by atoms with Crippen molar-refractivity contribution in [2.24, 2.45) is 0 Å². The van der Waals surface area contributed by atoms with Crippen LogP contribution in [0.4, 0.5) is 5.13 Å². The van der Waals surface area contributed by atoms with Gasteiger partial charge in [0.15, 0.2) is 5.13 Å². The number of anilines is 1. The number of aromatic nitrogens is 3. The number of imidazole rings is 1. The number of nitrogens with one attached hydrogen (secondary N) is 1. The van der Waals surface area contributed by atoms with Gasteiger partial charge in [-0.25, -0.2) is 27.5 Å². The highest BCUT2D eigenvalue weighted by Crippen LogP contribution is 2.25. The number of hydrogen-bond acceptors (Lipinski definition) is 8. The fraction of sp³-hybridized carbons (Fsp3) is 0.400. The first-order chi connectivity index (χ1) is 15.1. The number of hydrogen-bond donors (Lipinski definition) is 1. The maximum atomic E-state index is 12.4. The highest BCUT2D eigenvalue weighted by Gasteiger charge is 2.20. The summed E-state index contributed by atoms with van der Waals surface area (Å²) in [4.78, 5) is 33.4. The topological polar surface area (TPSA) is 123 Å². The number of amides is 1. The van der Waals surface area contributed by atoms with Crippen LogP contribution in [0, 0.1) is 6.92 Å². The van der Waals surface area contributed by atoms with Gasteiger partial charge < -0.3 is 14.6 Å². The second-order valence-electron chi connectivity index (χ2n) is 7.18. The molecule has 32 heavy (non-hydrogen) atoms. The maximum absolute atomic E-state index is 12.4. The molecule has 0 saturated heterocycles. The highest BCUT2D eigenvalue weighted by molar-refractivity contribution is 7.89. The number of carbonyl (C=O) groups is 2. The minimum absolute atomic E-state index is 0.151. The van der Waals surface area contributed by atoms with Gasteiger partial charge in [-0.05, 0) is 32.0 Å². The van der Waals surface area contributed by atoms with E-state index in [4.69, 9.17) is 4.74 Å². The predicted molar refractivity (Wildman–Crippen MR) is 121 cm³/mol. The Hall–Kier alpha value is -2.83. The first-order valence-electron chi connectivity index (χ1n) is 9.85. The third-order valence-electron chi connectivity index (χ3n) is 4.88. The molecule has 0 aliphatic rings. The molecule has 0 radical (unpaired) electrons. The molecule has 0 saturated carbocycles. The van der Waals surface area contributed by atoms with Crippen molar-refractivity contribution < 1.29 is 22.7 Å². The Morgan fingerprint density at radius 1 is 1.25 bits per heavy atom. The number of thiazole rings is 1. The summed E-state index contributed by atoms with van der Waals surface area (Å²) >= 11 is 1.06. The van der Waals surface area contributed by atoms with Gasteiger partial charge in [0.25, 0.3) is 0 Å². The lowest BCUT2D eigenvalue weighted by Gasteiger charge is -2.11. The van der Waals surface area contributed by atoms with E-state index in [0.29, 0.717) is 40.0 Å². The van der Waals surface area contributed by atoms with Gasteiger partial charge in [0.1, 0.15) is 10.7 Å². The Kier molecular flexibility index (Phi) is 6.96. The first kappa shape index (κ1) is 23.8. The third-order valence-corrected chi connectivity index (χ3v) is 7.75. The fourth-order valence-corrected chi connectivity index (χ4v) is 5.04. The van der Waals surface area contributed by atoms with Gasteiger partial charge in [0.2, 0.25) is 15.9 Å². The number of fused-ring (bicyclic) bond motifs is 1. The van der Waals surface area contributed by atoms with E-state index in [9.17, 15) is 18.0 Å². The van der Waals surface area contributed by atoms with E-state index < -0.39 is 16.0 Å². The number of methoxy groups -OCH3 is 1. The fourth-order valence-electron chi connectivity index (χ4n) is 3.21. The second kappa shape index (κ2) is 9.35. The molecule has 12 heteroatoms. The molecule has 2 heterocycles. The van der Waals surface area contributed by atoms with Gasteiger partial charge in [-0.15, -0.1) is 0 Å². The number of carbonyl (C=O) groups excluding carboxylic acids is 2. The van der Waals surface area contributed by atoms with Crippen LogP contribution in [0.2, 0.25) is 0 Å². The molecule has 0 aliphatic carbocycles.